The summed E-state index contributed by atoms with van der Waals surface area (Å²) < 4.78 is 1.86. The van der Waals surface area contributed by atoms with E-state index in [4.69, 9.17) is 0 Å². The number of aromatic nitrogens is 3. The number of hydrogen-bond donors (Lipinski definition) is 1. The van der Waals surface area contributed by atoms with Crippen LogP contribution >= 0.6 is 24.8 Å². The van der Waals surface area contributed by atoms with Crippen molar-refractivity contribution in [2.45, 2.75) is 19.9 Å². The fraction of sp³-hybridized carbons (Fsp3) is 0.500. The zero-order valence-electron chi connectivity index (χ0n) is 13.2. The van der Waals surface area contributed by atoms with Crippen molar-refractivity contribution < 1.29 is 4.79 Å². The number of carbonyl (C=O) groups excluding carboxylic acids is 1. The van der Waals surface area contributed by atoms with Crippen LogP contribution in [0.3, 0.4) is 0 Å². The van der Waals surface area contributed by atoms with Gasteiger partial charge in [-0.3, -0.25) is 4.79 Å². The highest BCUT2D eigenvalue weighted by molar-refractivity contribution is 5.96. The second-order valence-electron chi connectivity index (χ2n) is 5.15. The lowest BCUT2D eigenvalue weighted by Gasteiger charge is -2.16. The van der Waals surface area contributed by atoms with Crippen molar-refractivity contribution in [3.05, 3.63) is 24.0 Å². The maximum atomic E-state index is 12.3. The molecule has 0 bridgehead atoms. The lowest BCUT2D eigenvalue weighted by atomic mass is 10.2. The first-order chi connectivity index (χ1) is 9.54. The molecule has 0 radical (unpaired) electrons. The Morgan fingerprint density at radius 1 is 1.36 bits per heavy atom. The highest BCUT2D eigenvalue weighted by Gasteiger charge is 2.14. The highest BCUT2D eigenvalue weighted by Crippen LogP contribution is 2.17. The zero-order valence-corrected chi connectivity index (χ0v) is 14.9. The first-order valence-electron chi connectivity index (χ1n) is 6.78. The molecule has 0 saturated heterocycles. The Bertz CT molecular complexity index is 614. The number of nitrogens with one attached hydrogen (secondary N) is 1. The van der Waals surface area contributed by atoms with Crippen molar-refractivity contribution in [2.24, 2.45) is 0 Å². The fourth-order valence-corrected chi connectivity index (χ4v) is 2.04. The summed E-state index contributed by atoms with van der Waals surface area (Å²) in [6.45, 7) is 5.54. The van der Waals surface area contributed by atoms with Crippen LogP contribution in [-0.2, 0) is 0 Å². The quantitative estimate of drug-likeness (QED) is 0.899. The number of carbonyl (C=O) groups is 1. The van der Waals surface area contributed by atoms with Crippen LogP contribution in [0.1, 0.15) is 30.2 Å². The van der Waals surface area contributed by atoms with Gasteiger partial charge in [-0.15, -0.1) is 24.8 Å². The number of rotatable bonds is 5. The summed E-state index contributed by atoms with van der Waals surface area (Å²) in [5.74, 6) is -0.0213. The van der Waals surface area contributed by atoms with Gasteiger partial charge in [0.25, 0.3) is 5.91 Å². The van der Waals surface area contributed by atoms with Crippen LogP contribution in [0.15, 0.2) is 18.5 Å². The molecule has 2 aromatic rings. The van der Waals surface area contributed by atoms with E-state index in [2.05, 4.69) is 29.2 Å². The third kappa shape index (κ3) is 4.32. The molecule has 1 amide bonds. The van der Waals surface area contributed by atoms with Gasteiger partial charge in [0.15, 0.2) is 5.65 Å². The molecule has 2 heterocycles. The smallest absolute Gasteiger partial charge is 0.255 e. The molecule has 124 valence electrons. The number of pyridine rings is 1. The summed E-state index contributed by atoms with van der Waals surface area (Å²) in [6.07, 6.45) is 3.38. The minimum absolute atomic E-state index is 0. The first kappa shape index (κ1) is 20.6. The predicted octanol–water partition coefficient (Wildman–Crippen LogP) is 2.15. The van der Waals surface area contributed by atoms with E-state index in [1.165, 1.54) is 0 Å². The maximum absolute atomic E-state index is 12.3. The van der Waals surface area contributed by atoms with E-state index in [0.717, 1.165) is 17.6 Å². The van der Waals surface area contributed by atoms with Crippen molar-refractivity contribution in [1.82, 2.24) is 25.0 Å². The molecule has 0 fully saturated rings. The molecule has 0 aliphatic heterocycles. The predicted molar refractivity (Wildman–Crippen MR) is 93.3 cm³/mol. The zero-order chi connectivity index (χ0) is 14.7. The van der Waals surface area contributed by atoms with Crippen LogP contribution in [0.2, 0.25) is 0 Å². The van der Waals surface area contributed by atoms with E-state index in [0.29, 0.717) is 12.1 Å². The number of nitrogens with zero attached hydrogens (tertiary/aromatic N) is 4. The van der Waals surface area contributed by atoms with E-state index in [-0.39, 0.29) is 36.8 Å². The van der Waals surface area contributed by atoms with Gasteiger partial charge in [-0.05, 0) is 27.0 Å². The lowest BCUT2D eigenvalue weighted by molar-refractivity contribution is 0.0796. The average Bonchev–Trinajstić information content (AvgIpc) is 2.86. The molecule has 2 aromatic heterocycles. The van der Waals surface area contributed by atoms with Crippen LogP contribution in [0.5, 0.6) is 0 Å². The summed E-state index contributed by atoms with van der Waals surface area (Å²) in [6, 6.07) is 2.10. The van der Waals surface area contributed by atoms with Crippen molar-refractivity contribution >= 4 is 41.8 Å². The fourth-order valence-electron chi connectivity index (χ4n) is 2.04. The summed E-state index contributed by atoms with van der Waals surface area (Å²) in [4.78, 5) is 18.3. The normalized spacial score (nSPS) is 10.2. The summed E-state index contributed by atoms with van der Waals surface area (Å²) >= 11 is 0. The van der Waals surface area contributed by atoms with Crippen molar-refractivity contribution in [3.8, 4) is 0 Å². The van der Waals surface area contributed by atoms with Gasteiger partial charge < -0.3 is 10.2 Å². The monoisotopic (exact) mass is 347 g/mol. The van der Waals surface area contributed by atoms with Gasteiger partial charge in [0, 0.05) is 37.8 Å². The third-order valence-electron chi connectivity index (χ3n) is 3.21. The standard InChI is InChI=1S/C14H21N5O.2ClH/c1-10(2)19-13-11(9-17-19)7-12(8-16-13)14(20)18(4)6-5-15-3;;/h7-10,15H,5-6H2,1-4H3;2*1H. The molecule has 22 heavy (non-hydrogen) atoms. The second kappa shape index (κ2) is 8.92. The maximum Gasteiger partial charge on any atom is 0.255 e. The molecule has 2 rings (SSSR count). The molecule has 0 atom stereocenters. The third-order valence-corrected chi connectivity index (χ3v) is 3.21. The number of hydrogen-bond acceptors (Lipinski definition) is 4. The molecule has 6 nitrogen and oxygen atoms in total. The minimum Gasteiger partial charge on any atom is -0.340 e. The van der Waals surface area contributed by atoms with Gasteiger partial charge in [0.1, 0.15) is 0 Å². The van der Waals surface area contributed by atoms with Gasteiger partial charge in [-0.1, -0.05) is 0 Å². The van der Waals surface area contributed by atoms with E-state index >= 15 is 0 Å². The van der Waals surface area contributed by atoms with E-state index in [9.17, 15) is 4.79 Å². The second-order valence-corrected chi connectivity index (χ2v) is 5.15. The SMILES string of the molecule is CNCCN(C)C(=O)c1cnc2c(cnn2C(C)C)c1.Cl.Cl. The minimum atomic E-state index is -0.0213. The Labute approximate surface area is 143 Å². The molecule has 0 aromatic carbocycles. The highest BCUT2D eigenvalue weighted by atomic mass is 35.5. The largest absolute Gasteiger partial charge is 0.340 e. The Kier molecular flexibility index (Phi) is 8.37. The van der Waals surface area contributed by atoms with Gasteiger partial charge in [0.05, 0.1) is 11.8 Å². The van der Waals surface area contributed by atoms with Gasteiger partial charge >= 0.3 is 0 Å². The molecular weight excluding hydrogens is 325 g/mol. The van der Waals surface area contributed by atoms with Gasteiger partial charge in [-0.25, -0.2) is 9.67 Å². The summed E-state index contributed by atoms with van der Waals surface area (Å²) in [5.41, 5.74) is 1.41. The van der Waals surface area contributed by atoms with Crippen LogP contribution in [0.4, 0.5) is 0 Å². The summed E-state index contributed by atoms with van der Waals surface area (Å²) in [7, 11) is 3.66. The molecule has 0 aliphatic carbocycles. The Hall–Kier alpha value is -1.37. The van der Waals surface area contributed by atoms with Crippen LogP contribution < -0.4 is 5.32 Å². The molecular formula is C14H23Cl2N5O. The molecule has 8 heteroatoms. The van der Waals surface area contributed by atoms with Crippen LogP contribution in [-0.4, -0.2) is 52.8 Å². The van der Waals surface area contributed by atoms with Crippen molar-refractivity contribution in [1.29, 1.82) is 0 Å². The Morgan fingerprint density at radius 2 is 2.05 bits per heavy atom. The molecule has 0 unspecified atom stereocenters. The Morgan fingerprint density at radius 3 is 2.64 bits per heavy atom. The average molecular weight is 348 g/mol. The topological polar surface area (TPSA) is 63.1 Å². The first-order valence-corrected chi connectivity index (χ1v) is 6.78. The molecule has 1 N–H and O–H groups in total. The van der Waals surface area contributed by atoms with Gasteiger partial charge in [0.2, 0.25) is 0 Å². The van der Waals surface area contributed by atoms with Gasteiger partial charge in [-0.2, -0.15) is 5.10 Å². The lowest BCUT2D eigenvalue weighted by Crippen LogP contribution is -2.32. The van der Waals surface area contributed by atoms with Crippen molar-refractivity contribution in [3.63, 3.8) is 0 Å². The molecule has 0 saturated carbocycles. The number of fused-ring (bicyclic) bond motifs is 1. The molecule has 0 aliphatic rings. The number of likely N-dealkylation sites (N-methyl/N-ethyl adjacent to an activating group) is 2. The van der Waals surface area contributed by atoms with E-state index < -0.39 is 0 Å². The van der Waals surface area contributed by atoms with Crippen LogP contribution in [0, 0.1) is 0 Å². The molecule has 0 spiro atoms. The Balaban J connectivity index is 0.00000220. The van der Waals surface area contributed by atoms with Crippen LogP contribution in [0.25, 0.3) is 11.0 Å². The summed E-state index contributed by atoms with van der Waals surface area (Å²) in [5, 5.41) is 8.23. The number of amides is 1. The van der Waals surface area contributed by atoms with E-state index in [1.54, 1.807) is 24.3 Å². The van der Waals surface area contributed by atoms with Crippen molar-refractivity contribution in [2.75, 3.05) is 27.2 Å². The number of halogens is 2. The van der Waals surface area contributed by atoms with E-state index in [1.807, 2.05) is 17.8 Å².